The van der Waals surface area contributed by atoms with Crippen LogP contribution in [0, 0.1) is 11.8 Å². The summed E-state index contributed by atoms with van der Waals surface area (Å²) in [7, 11) is 8.44. The van der Waals surface area contributed by atoms with Gasteiger partial charge in [0.15, 0.2) is 5.79 Å². The normalized spacial score (nSPS) is 13.7. The van der Waals surface area contributed by atoms with E-state index in [1.165, 1.54) is 83.5 Å². The Balaban J connectivity index is 0. The number of hydrogen-bond acceptors (Lipinski definition) is 7. The third-order valence-corrected chi connectivity index (χ3v) is 8.48. The lowest BCUT2D eigenvalue weighted by Crippen LogP contribution is -2.44. The van der Waals surface area contributed by atoms with Crippen LogP contribution in [-0.4, -0.2) is 60.4 Å². The van der Waals surface area contributed by atoms with Crippen LogP contribution in [0.1, 0.15) is 143 Å². The van der Waals surface area contributed by atoms with Gasteiger partial charge < -0.3 is 35.2 Å². The fourth-order valence-corrected chi connectivity index (χ4v) is 5.57. The zero-order valence-electron chi connectivity index (χ0n) is 28.2. The number of rotatable bonds is 28. The summed E-state index contributed by atoms with van der Waals surface area (Å²) in [6, 6.07) is 0. The second-order valence-electron chi connectivity index (χ2n) is 11.4. The fraction of sp³-hybridized carbons (Fsp3) is 1.00. The zero-order chi connectivity index (χ0) is 30.5. The number of nitrogens with two attached hydrogens (primary N) is 2. The maximum atomic E-state index is 5.63. The number of unbranched alkanes of at least 4 members (excludes halogenated alkanes) is 11. The second kappa shape index (κ2) is 28.8. The number of methoxy groups -OCH3 is 5. The molecule has 2 atom stereocenters. The molecule has 244 valence electrons. The van der Waals surface area contributed by atoms with E-state index in [-0.39, 0.29) is 5.92 Å². The van der Waals surface area contributed by atoms with Gasteiger partial charge in [-0.3, -0.25) is 0 Å². The first-order valence-electron chi connectivity index (χ1n) is 16.5. The summed E-state index contributed by atoms with van der Waals surface area (Å²) < 4.78 is 27.8. The monoisotopic (exact) mass is 577 g/mol. The predicted molar refractivity (Wildman–Crippen MR) is 170 cm³/mol. The molecule has 0 aliphatic heterocycles. The van der Waals surface area contributed by atoms with E-state index in [0.717, 1.165) is 51.6 Å². The molecular weight excluding hydrogens is 504 g/mol. The summed E-state index contributed by atoms with van der Waals surface area (Å²) in [4.78, 5) is 0. The van der Waals surface area contributed by atoms with Crippen LogP contribution in [0.4, 0.5) is 0 Å². The second-order valence-corrected chi connectivity index (χ2v) is 11.4. The first kappa shape index (κ1) is 41.9. The van der Waals surface area contributed by atoms with Crippen LogP contribution < -0.4 is 11.5 Å². The van der Waals surface area contributed by atoms with E-state index in [0.29, 0.717) is 5.92 Å². The molecule has 2 unspecified atom stereocenters. The molecule has 0 aromatic heterocycles. The molecule has 0 heterocycles. The molecule has 0 aromatic rings. The van der Waals surface area contributed by atoms with E-state index in [4.69, 9.17) is 35.2 Å². The molecule has 0 bridgehead atoms. The van der Waals surface area contributed by atoms with Crippen molar-refractivity contribution in [3.05, 3.63) is 0 Å². The van der Waals surface area contributed by atoms with Crippen molar-refractivity contribution >= 4 is 0 Å². The van der Waals surface area contributed by atoms with Crippen LogP contribution in [0.3, 0.4) is 0 Å². The molecule has 0 radical (unpaired) electrons. The maximum Gasteiger partial charge on any atom is 0.285 e. The summed E-state index contributed by atoms with van der Waals surface area (Å²) in [5.74, 6) is -0.663. The standard InChI is InChI=1S/C17H37NO3.C16H35NO2/c1-5-6-7-8-9-10-13-16(14-11-12-15-18)17(19-2,20-3)21-4;1-5-6-7-8-9-10-12-15(13-11-14-17)16(2,18-3)19-4/h16H,5-15,18H2,1-4H3;15H,5-14,17H2,1-4H3. The molecule has 7 nitrogen and oxygen atoms in total. The third kappa shape index (κ3) is 19.0. The zero-order valence-corrected chi connectivity index (χ0v) is 28.2. The largest absolute Gasteiger partial charge is 0.353 e. The van der Waals surface area contributed by atoms with Gasteiger partial charge in [0.1, 0.15) is 0 Å². The van der Waals surface area contributed by atoms with E-state index in [9.17, 15) is 0 Å². The average Bonchev–Trinajstić information content (AvgIpc) is 2.98. The number of hydrogen-bond donors (Lipinski definition) is 2. The predicted octanol–water partition coefficient (Wildman–Crippen LogP) is 8.18. The first-order chi connectivity index (χ1) is 19.3. The van der Waals surface area contributed by atoms with E-state index in [1.807, 2.05) is 6.92 Å². The van der Waals surface area contributed by atoms with Gasteiger partial charge in [0, 0.05) is 47.4 Å². The SMILES string of the molecule is CCCCCCCCC(CCCCN)C(OC)(OC)OC.CCCCCCCCC(CCCN)C(C)(OC)OC. The van der Waals surface area contributed by atoms with Crippen LogP contribution in [-0.2, 0) is 23.7 Å². The Morgan fingerprint density at radius 2 is 0.800 bits per heavy atom. The Morgan fingerprint density at radius 1 is 0.450 bits per heavy atom. The quantitative estimate of drug-likeness (QED) is 0.0716. The van der Waals surface area contributed by atoms with Gasteiger partial charge in [0.05, 0.1) is 0 Å². The highest BCUT2D eigenvalue weighted by Gasteiger charge is 2.39. The van der Waals surface area contributed by atoms with Gasteiger partial charge in [-0.25, -0.2) is 0 Å². The highest BCUT2D eigenvalue weighted by Crippen LogP contribution is 2.33. The first-order valence-corrected chi connectivity index (χ1v) is 16.5. The topological polar surface area (TPSA) is 98.2 Å². The smallest absolute Gasteiger partial charge is 0.285 e. The lowest BCUT2D eigenvalue weighted by Gasteiger charge is -2.36. The highest BCUT2D eigenvalue weighted by atomic mass is 16.9. The molecule has 0 aliphatic carbocycles. The summed E-state index contributed by atoms with van der Waals surface area (Å²) in [6.07, 6.45) is 23.3. The highest BCUT2D eigenvalue weighted by molar-refractivity contribution is 4.75. The minimum Gasteiger partial charge on any atom is -0.353 e. The van der Waals surface area contributed by atoms with Gasteiger partial charge in [0.2, 0.25) is 0 Å². The van der Waals surface area contributed by atoms with Crippen LogP contribution in [0.5, 0.6) is 0 Å². The lowest BCUT2D eigenvalue weighted by atomic mass is 9.88. The summed E-state index contributed by atoms with van der Waals surface area (Å²) in [6.45, 7) is 8.04. The van der Waals surface area contributed by atoms with Crippen LogP contribution in [0.15, 0.2) is 0 Å². The Kier molecular flexibility index (Phi) is 30.2. The molecule has 0 amide bonds. The molecule has 0 aromatic carbocycles. The van der Waals surface area contributed by atoms with Crippen molar-refractivity contribution in [3.63, 3.8) is 0 Å². The fourth-order valence-electron chi connectivity index (χ4n) is 5.57. The Labute approximate surface area is 250 Å². The third-order valence-electron chi connectivity index (χ3n) is 8.48. The van der Waals surface area contributed by atoms with Gasteiger partial charge >= 0.3 is 0 Å². The van der Waals surface area contributed by atoms with Crippen molar-refractivity contribution in [2.24, 2.45) is 23.3 Å². The molecule has 7 heteroatoms. The molecular formula is C33H72N2O5. The van der Waals surface area contributed by atoms with E-state index in [2.05, 4.69) is 13.8 Å². The van der Waals surface area contributed by atoms with Gasteiger partial charge in [0.25, 0.3) is 5.97 Å². The van der Waals surface area contributed by atoms with Gasteiger partial charge in [-0.05, 0) is 58.5 Å². The van der Waals surface area contributed by atoms with Gasteiger partial charge in [-0.1, -0.05) is 97.3 Å². The van der Waals surface area contributed by atoms with Crippen molar-refractivity contribution in [2.45, 2.75) is 155 Å². The molecule has 4 N–H and O–H groups in total. The van der Waals surface area contributed by atoms with Gasteiger partial charge in [-0.15, -0.1) is 0 Å². The summed E-state index contributed by atoms with van der Waals surface area (Å²) in [5, 5.41) is 0. The summed E-state index contributed by atoms with van der Waals surface area (Å²) >= 11 is 0. The lowest BCUT2D eigenvalue weighted by molar-refractivity contribution is -0.380. The van der Waals surface area contributed by atoms with Crippen molar-refractivity contribution in [3.8, 4) is 0 Å². The van der Waals surface area contributed by atoms with Crippen molar-refractivity contribution in [2.75, 3.05) is 48.6 Å². The summed E-state index contributed by atoms with van der Waals surface area (Å²) in [5.41, 5.74) is 11.2. The van der Waals surface area contributed by atoms with E-state index in [1.54, 1.807) is 35.5 Å². The molecule has 0 spiro atoms. The minimum atomic E-state index is -0.905. The van der Waals surface area contributed by atoms with Crippen LogP contribution in [0.2, 0.25) is 0 Å². The van der Waals surface area contributed by atoms with Crippen LogP contribution >= 0.6 is 0 Å². The molecule has 0 aliphatic rings. The Bertz CT molecular complexity index is 493. The Hall–Kier alpha value is -0.280. The maximum absolute atomic E-state index is 5.63. The molecule has 0 fully saturated rings. The minimum absolute atomic E-state index is 0.259. The van der Waals surface area contributed by atoms with E-state index >= 15 is 0 Å². The Morgan fingerprint density at radius 3 is 1.18 bits per heavy atom. The van der Waals surface area contributed by atoms with Crippen molar-refractivity contribution < 1.29 is 23.7 Å². The van der Waals surface area contributed by atoms with Crippen molar-refractivity contribution in [1.82, 2.24) is 0 Å². The molecule has 0 saturated carbocycles. The van der Waals surface area contributed by atoms with Crippen LogP contribution in [0.25, 0.3) is 0 Å². The number of ether oxygens (including phenoxy) is 5. The molecule has 0 rings (SSSR count). The average molecular weight is 577 g/mol. The van der Waals surface area contributed by atoms with Gasteiger partial charge in [-0.2, -0.15) is 0 Å². The molecule has 0 saturated heterocycles. The van der Waals surface area contributed by atoms with E-state index < -0.39 is 11.8 Å². The van der Waals surface area contributed by atoms with Crippen molar-refractivity contribution in [1.29, 1.82) is 0 Å². The molecule has 40 heavy (non-hydrogen) atoms.